The van der Waals surface area contributed by atoms with Crippen LogP contribution in [-0.4, -0.2) is 29.3 Å². The van der Waals surface area contributed by atoms with E-state index < -0.39 is 11.0 Å². The molecule has 1 amide bonds. The topological polar surface area (TPSA) is 81.5 Å². The molecule has 0 unspecified atom stereocenters. The Morgan fingerprint density at radius 2 is 2.32 bits per heavy atom. The molecule has 0 aromatic heterocycles. The first-order valence-corrected chi connectivity index (χ1v) is 7.01. The van der Waals surface area contributed by atoms with Gasteiger partial charge < -0.3 is 4.74 Å². The highest BCUT2D eigenvalue weighted by molar-refractivity contribution is 7.99. The Morgan fingerprint density at radius 1 is 1.58 bits per heavy atom. The number of rotatable bonds is 6. The van der Waals surface area contributed by atoms with Gasteiger partial charge in [-0.15, -0.1) is 23.4 Å². The van der Waals surface area contributed by atoms with Crippen LogP contribution in [0.3, 0.4) is 0 Å². The molecule has 0 radical (unpaired) electrons. The third-order valence-corrected chi connectivity index (χ3v) is 3.09. The number of alkyl halides is 1. The first-order valence-electron chi connectivity index (χ1n) is 5.49. The highest BCUT2D eigenvalue weighted by Crippen LogP contribution is 2.31. The van der Waals surface area contributed by atoms with Crippen LogP contribution < -0.4 is 5.32 Å². The zero-order valence-corrected chi connectivity index (χ0v) is 11.8. The number of nitrogens with one attached hydrogen (secondary N) is 1. The number of amides is 1. The lowest BCUT2D eigenvalue weighted by Crippen LogP contribution is -2.14. The number of halogens is 1. The van der Waals surface area contributed by atoms with E-state index in [4.69, 9.17) is 16.3 Å². The van der Waals surface area contributed by atoms with E-state index in [0.29, 0.717) is 16.3 Å². The first-order chi connectivity index (χ1) is 9.08. The molecule has 0 fully saturated rings. The zero-order valence-electron chi connectivity index (χ0n) is 10.2. The molecule has 0 heterocycles. The van der Waals surface area contributed by atoms with E-state index in [1.165, 1.54) is 23.9 Å². The number of carbonyl (C=O) groups excluding carboxylic acids is 1. The van der Waals surface area contributed by atoms with Gasteiger partial charge in [-0.25, -0.2) is 4.79 Å². The van der Waals surface area contributed by atoms with E-state index in [-0.39, 0.29) is 18.2 Å². The largest absolute Gasteiger partial charge is 0.448 e. The number of nitro groups is 1. The van der Waals surface area contributed by atoms with Crippen molar-refractivity contribution in [3.8, 4) is 0 Å². The molecule has 6 nitrogen and oxygen atoms in total. The highest BCUT2D eigenvalue weighted by atomic mass is 35.5. The molecule has 0 aliphatic carbocycles. The quantitative estimate of drug-likeness (QED) is 0.376. The number of nitro benzene ring substituents is 1. The smallest absolute Gasteiger partial charge is 0.411 e. The van der Waals surface area contributed by atoms with Crippen LogP contribution in [0.5, 0.6) is 0 Å². The molecule has 0 spiro atoms. The summed E-state index contributed by atoms with van der Waals surface area (Å²) in [7, 11) is 0. The van der Waals surface area contributed by atoms with Crippen molar-refractivity contribution in [1.29, 1.82) is 0 Å². The Balaban J connectivity index is 2.83. The van der Waals surface area contributed by atoms with Gasteiger partial charge in [0, 0.05) is 11.8 Å². The van der Waals surface area contributed by atoms with Crippen LogP contribution in [0.25, 0.3) is 0 Å². The van der Waals surface area contributed by atoms with Crippen molar-refractivity contribution in [3.05, 3.63) is 28.3 Å². The number of ether oxygens (including phenoxy) is 1. The van der Waals surface area contributed by atoms with Crippen molar-refractivity contribution in [2.24, 2.45) is 0 Å². The summed E-state index contributed by atoms with van der Waals surface area (Å²) in [6, 6.07) is 4.36. The van der Waals surface area contributed by atoms with E-state index in [0.717, 1.165) is 0 Å². The van der Waals surface area contributed by atoms with Gasteiger partial charge in [0.05, 0.1) is 15.7 Å². The summed E-state index contributed by atoms with van der Waals surface area (Å²) >= 11 is 6.72. The summed E-state index contributed by atoms with van der Waals surface area (Å²) in [6.07, 6.45) is -0.637. The van der Waals surface area contributed by atoms with Crippen molar-refractivity contribution in [1.82, 2.24) is 0 Å². The number of hydrogen-bond acceptors (Lipinski definition) is 5. The maximum Gasteiger partial charge on any atom is 0.411 e. The van der Waals surface area contributed by atoms with E-state index in [9.17, 15) is 14.9 Å². The molecule has 0 aliphatic heterocycles. The number of carbonyl (C=O) groups is 1. The SMILES string of the molecule is CCSc1cc(NC(=O)OCCCl)ccc1[N+](=O)[O-]. The summed E-state index contributed by atoms with van der Waals surface area (Å²) in [5.41, 5.74) is 0.465. The summed E-state index contributed by atoms with van der Waals surface area (Å²) < 4.78 is 4.75. The minimum atomic E-state index is -0.637. The lowest BCUT2D eigenvalue weighted by atomic mass is 10.3. The van der Waals surface area contributed by atoms with Crippen molar-refractivity contribution in [2.45, 2.75) is 11.8 Å². The second-order valence-corrected chi connectivity index (χ2v) is 5.01. The predicted octanol–water partition coefficient (Wildman–Crippen LogP) is 3.49. The van der Waals surface area contributed by atoms with Crippen molar-refractivity contribution in [2.75, 3.05) is 23.6 Å². The standard InChI is InChI=1S/C11H13ClN2O4S/c1-2-19-10-7-8(3-4-9(10)14(16)17)13-11(15)18-6-5-12/h3-4,7H,2,5-6H2,1H3,(H,13,15). The average molecular weight is 305 g/mol. The summed E-state index contributed by atoms with van der Waals surface area (Å²) in [4.78, 5) is 22.2. The first kappa shape index (κ1) is 15.6. The third-order valence-electron chi connectivity index (χ3n) is 2.01. The maximum atomic E-state index is 11.3. The maximum absolute atomic E-state index is 11.3. The van der Waals surface area contributed by atoms with Crippen LogP contribution in [0, 0.1) is 10.1 Å². The number of benzene rings is 1. The second kappa shape index (κ2) is 7.85. The zero-order chi connectivity index (χ0) is 14.3. The van der Waals surface area contributed by atoms with Gasteiger partial charge in [0.2, 0.25) is 0 Å². The molecule has 104 valence electrons. The minimum absolute atomic E-state index is 0.0199. The van der Waals surface area contributed by atoms with Crippen LogP contribution in [0.4, 0.5) is 16.2 Å². The van der Waals surface area contributed by atoms with Crippen molar-refractivity contribution < 1.29 is 14.5 Å². The second-order valence-electron chi connectivity index (χ2n) is 3.32. The number of hydrogen-bond donors (Lipinski definition) is 1. The van der Waals surface area contributed by atoms with Crippen LogP contribution in [0.1, 0.15) is 6.92 Å². The lowest BCUT2D eigenvalue weighted by molar-refractivity contribution is -0.387. The van der Waals surface area contributed by atoms with Crippen LogP contribution in [0.2, 0.25) is 0 Å². The van der Waals surface area contributed by atoms with Gasteiger partial charge in [0.25, 0.3) is 5.69 Å². The Kier molecular flexibility index (Phi) is 6.44. The molecule has 0 aliphatic rings. The minimum Gasteiger partial charge on any atom is -0.448 e. The summed E-state index contributed by atoms with van der Waals surface area (Å²) in [6.45, 7) is 2.00. The highest BCUT2D eigenvalue weighted by Gasteiger charge is 2.15. The molecule has 1 rings (SSSR count). The van der Waals surface area contributed by atoms with Gasteiger partial charge in [-0.1, -0.05) is 6.92 Å². The van der Waals surface area contributed by atoms with Gasteiger partial charge in [-0.05, 0) is 17.9 Å². The predicted molar refractivity (Wildman–Crippen MR) is 75.2 cm³/mol. The Morgan fingerprint density at radius 3 is 2.89 bits per heavy atom. The van der Waals surface area contributed by atoms with Crippen molar-refractivity contribution >= 4 is 40.8 Å². The van der Waals surface area contributed by atoms with Crippen molar-refractivity contribution in [3.63, 3.8) is 0 Å². The van der Waals surface area contributed by atoms with E-state index in [1.54, 1.807) is 6.07 Å². The van der Waals surface area contributed by atoms with Crippen LogP contribution in [-0.2, 0) is 4.74 Å². The van der Waals surface area contributed by atoms with Gasteiger partial charge in [-0.3, -0.25) is 15.4 Å². The number of thioether (sulfide) groups is 1. The number of anilines is 1. The molecule has 1 aromatic rings. The molecule has 0 atom stereocenters. The fourth-order valence-electron chi connectivity index (χ4n) is 1.30. The molecule has 0 bridgehead atoms. The Hall–Kier alpha value is -1.47. The molecular formula is C11H13ClN2O4S. The lowest BCUT2D eigenvalue weighted by Gasteiger charge is -2.07. The molecule has 0 saturated carbocycles. The van der Waals surface area contributed by atoms with E-state index in [2.05, 4.69) is 5.32 Å². The molecule has 1 aromatic carbocycles. The Labute approximate surface area is 119 Å². The van der Waals surface area contributed by atoms with Gasteiger partial charge >= 0.3 is 6.09 Å². The summed E-state index contributed by atoms with van der Waals surface area (Å²) in [5.74, 6) is 0.908. The third kappa shape index (κ3) is 4.96. The van der Waals surface area contributed by atoms with Gasteiger partial charge in [0.15, 0.2) is 0 Å². The molecule has 0 saturated heterocycles. The van der Waals surface area contributed by atoms with Gasteiger partial charge in [-0.2, -0.15) is 0 Å². The van der Waals surface area contributed by atoms with E-state index >= 15 is 0 Å². The Bertz CT molecular complexity index is 470. The fourth-order valence-corrected chi connectivity index (χ4v) is 2.19. The molecule has 8 heteroatoms. The van der Waals surface area contributed by atoms with Crippen LogP contribution in [0.15, 0.2) is 23.1 Å². The van der Waals surface area contributed by atoms with Gasteiger partial charge in [0.1, 0.15) is 6.61 Å². The van der Waals surface area contributed by atoms with E-state index in [1.807, 2.05) is 6.92 Å². The number of nitrogens with zero attached hydrogens (tertiary/aromatic N) is 1. The fraction of sp³-hybridized carbons (Fsp3) is 0.364. The molecular weight excluding hydrogens is 292 g/mol. The normalized spacial score (nSPS) is 10.0. The molecule has 19 heavy (non-hydrogen) atoms. The summed E-state index contributed by atoms with van der Waals surface area (Å²) in [5, 5.41) is 13.3. The monoisotopic (exact) mass is 304 g/mol. The molecule has 1 N–H and O–H groups in total. The average Bonchev–Trinajstić information content (AvgIpc) is 2.36. The van der Waals surface area contributed by atoms with Crippen LogP contribution >= 0.6 is 23.4 Å².